The van der Waals surface area contributed by atoms with Gasteiger partial charge in [-0.1, -0.05) is 18.2 Å². The van der Waals surface area contributed by atoms with E-state index in [1.54, 1.807) is 11.5 Å². The summed E-state index contributed by atoms with van der Waals surface area (Å²) in [6.07, 6.45) is 5.34. The van der Waals surface area contributed by atoms with Gasteiger partial charge < -0.3 is 5.73 Å². The summed E-state index contributed by atoms with van der Waals surface area (Å²) in [6.45, 7) is 0.790. The number of unbranched alkanes of at least 4 members (excludes halogenated alkanes) is 1. The quantitative estimate of drug-likeness (QED) is 0.781. The molecule has 0 saturated carbocycles. The van der Waals surface area contributed by atoms with Gasteiger partial charge in [0, 0.05) is 11.6 Å². The minimum atomic E-state index is 0.790. The minimum Gasteiger partial charge on any atom is -0.330 e. The molecule has 0 unspecified atom stereocenters. The van der Waals surface area contributed by atoms with Gasteiger partial charge in [0.2, 0.25) is 0 Å². The molecule has 0 aliphatic carbocycles. The Morgan fingerprint density at radius 2 is 2.21 bits per heavy atom. The maximum absolute atomic E-state index is 5.48. The maximum atomic E-state index is 5.48. The summed E-state index contributed by atoms with van der Waals surface area (Å²) in [5.41, 5.74) is 6.89. The van der Waals surface area contributed by atoms with Crippen molar-refractivity contribution in [2.75, 3.05) is 6.54 Å². The highest BCUT2D eigenvalue weighted by Crippen LogP contribution is 2.23. The van der Waals surface area contributed by atoms with Crippen molar-refractivity contribution in [1.82, 2.24) is 4.37 Å². The zero-order valence-electron chi connectivity index (χ0n) is 8.07. The Labute approximate surface area is 87.9 Å². The first kappa shape index (κ1) is 9.62. The maximum Gasteiger partial charge on any atom is 0.0581 e. The van der Waals surface area contributed by atoms with E-state index >= 15 is 0 Å². The summed E-state index contributed by atoms with van der Waals surface area (Å²) < 4.78 is 5.54. The molecule has 0 spiro atoms. The highest BCUT2D eigenvalue weighted by molar-refractivity contribution is 7.13. The lowest BCUT2D eigenvalue weighted by Gasteiger charge is -2.01. The minimum absolute atomic E-state index is 0.790. The van der Waals surface area contributed by atoms with Crippen molar-refractivity contribution in [2.45, 2.75) is 19.3 Å². The zero-order valence-corrected chi connectivity index (χ0v) is 8.89. The zero-order chi connectivity index (χ0) is 9.80. The summed E-state index contributed by atoms with van der Waals surface area (Å²) in [6, 6.07) is 6.41. The number of aromatic nitrogens is 1. The molecular weight excluding hydrogens is 192 g/mol. The molecule has 14 heavy (non-hydrogen) atoms. The summed E-state index contributed by atoms with van der Waals surface area (Å²) in [4.78, 5) is 0. The fourth-order valence-corrected chi connectivity index (χ4v) is 2.40. The van der Waals surface area contributed by atoms with Crippen LogP contribution >= 0.6 is 11.5 Å². The number of hydrogen-bond acceptors (Lipinski definition) is 3. The first-order valence-electron chi connectivity index (χ1n) is 4.94. The van der Waals surface area contributed by atoms with Crippen LogP contribution in [0.5, 0.6) is 0 Å². The standard InChI is InChI=1S/C11H14N2S/c12-7-2-1-4-9-5-3-6-10-8-13-14-11(9)10/h3,5-6,8H,1-2,4,7,12H2. The van der Waals surface area contributed by atoms with Crippen LogP contribution in [0, 0.1) is 0 Å². The van der Waals surface area contributed by atoms with Crippen LogP contribution in [-0.4, -0.2) is 10.9 Å². The van der Waals surface area contributed by atoms with E-state index in [0.29, 0.717) is 0 Å². The van der Waals surface area contributed by atoms with E-state index in [-0.39, 0.29) is 0 Å². The van der Waals surface area contributed by atoms with Crippen molar-refractivity contribution in [1.29, 1.82) is 0 Å². The largest absolute Gasteiger partial charge is 0.330 e. The molecule has 0 saturated heterocycles. The van der Waals surface area contributed by atoms with Gasteiger partial charge in [-0.2, -0.15) is 4.37 Å². The molecule has 3 heteroatoms. The predicted octanol–water partition coefficient (Wildman–Crippen LogP) is 2.58. The Kier molecular flexibility index (Phi) is 3.11. The molecule has 2 aromatic rings. The Balaban J connectivity index is 2.19. The van der Waals surface area contributed by atoms with Gasteiger partial charge in [-0.05, 0) is 42.9 Å². The second-order valence-electron chi connectivity index (χ2n) is 3.41. The van der Waals surface area contributed by atoms with Crippen molar-refractivity contribution in [3.8, 4) is 0 Å². The normalized spacial score (nSPS) is 10.9. The molecule has 0 atom stereocenters. The van der Waals surface area contributed by atoms with Crippen LogP contribution in [0.25, 0.3) is 10.1 Å². The first-order valence-corrected chi connectivity index (χ1v) is 5.71. The second-order valence-corrected chi connectivity index (χ2v) is 4.21. The van der Waals surface area contributed by atoms with E-state index in [2.05, 4.69) is 22.6 Å². The van der Waals surface area contributed by atoms with Crippen LogP contribution in [0.1, 0.15) is 18.4 Å². The van der Waals surface area contributed by atoms with E-state index in [1.165, 1.54) is 22.1 Å². The van der Waals surface area contributed by atoms with Gasteiger partial charge in [0.05, 0.1) is 4.70 Å². The molecule has 2 rings (SSSR count). The molecule has 1 aromatic carbocycles. The Hall–Kier alpha value is -0.930. The third-order valence-corrected chi connectivity index (χ3v) is 3.25. The van der Waals surface area contributed by atoms with Crippen LogP contribution < -0.4 is 5.73 Å². The number of fused-ring (bicyclic) bond motifs is 1. The lowest BCUT2D eigenvalue weighted by Crippen LogP contribution is -1.98. The second kappa shape index (κ2) is 4.53. The van der Waals surface area contributed by atoms with Crippen molar-refractivity contribution >= 4 is 21.6 Å². The molecule has 0 aliphatic heterocycles. The molecule has 0 aliphatic rings. The van der Waals surface area contributed by atoms with Crippen molar-refractivity contribution in [2.24, 2.45) is 5.73 Å². The van der Waals surface area contributed by atoms with Crippen LogP contribution in [0.4, 0.5) is 0 Å². The lowest BCUT2D eigenvalue weighted by molar-refractivity contribution is 0.748. The third-order valence-electron chi connectivity index (χ3n) is 2.36. The fourth-order valence-electron chi connectivity index (χ4n) is 1.61. The number of rotatable bonds is 4. The molecule has 2 N–H and O–H groups in total. The fraction of sp³-hybridized carbons (Fsp3) is 0.364. The predicted molar refractivity (Wildman–Crippen MR) is 61.6 cm³/mol. The SMILES string of the molecule is NCCCCc1cccc2cnsc12. The summed E-state index contributed by atoms with van der Waals surface area (Å²) in [5, 5.41) is 1.26. The highest BCUT2D eigenvalue weighted by Gasteiger charge is 2.02. The average molecular weight is 206 g/mol. The summed E-state index contributed by atoms with van der Waals surface area (Å²) in [7, 11) is 0. The number of aryl methyl sites for hydroxylation is 1. The van der Waals surface area contributed by atoms with Gasteiger partial charge in [-0.15, -0.1) is 0 Å². The molecule has 74 valence electrons. The molecule has 2 nitrogen and oxygen atoms in total. The van der Waals surface area contributed by atoms with E-state index < -0.39 is 0 Å². The number of benzene rings is 1. The Morgan fingerprint density at radius 3 is 3.07 bits per heavy atom. The number of nitrogens with two attached hydrogens (primary N) is 1. The molecule has 1 aromatic heterocycles. The average Bonchev–Trinajstić information content (AvgIpc) is 2.67. The summed E-state index contributed by atoms with van der Waals surface area (Å²) >= 11 is 1.59. The van der Waals surface area contributed by atoms with Crippen LogP contribution in [-0.2, 0) is 6.42 Å². The molecule has 0 radical (unpaired) electrons. The van der Waals surface area contributed by atoms with Gasteiger partial charge in [0.1, 0.15) is 0 Å². The monoisotopic (exact) mass is 206 g/mol. The topological polar surface area (TPSA) is 38.9 Å². The Bertz CT molecular complexity index is 408. The van der Waals surface area contributed by atoms with Gasteiger partial charge in [-0.25, -0.2) is 0 Å². The van der Waals surface area contributed by atoms with Gasteiger partial charge in [-0.3, -0.25) is 0 Å². The smallest absolute Gasteiger partial charge is 0.0581 e. The van der Waals surface area contributed by atoms with E-state index in [0.717, 1.165) is 19.4 Å². The summed E-state index contributed by atoms with van der Waals surface area (Å²) in [5.74, 6) is 0. The molecule has 0 bridgehead atoms. The number of hydrogen-bond donors (Lipinski definition) is 1. The first-order chi connectivity index (χ1) is 6.92. The van der Waals surface area contributed by atoms with Crippen molar-refractivity contribution in [3.63, 3.8) is 0 Å². The lowest BCUT2D eigenvalue weighted by atomic mass is 10.1. The van der Waals surface area contributed by atoms with E-state index in [9.17, 15) is 0 Å². The molecule has 0 fully saturated rings. The van der Waals surface area contributed by atoms with Crippen molar-refractivity contribution in [3.05, 3.63) is 30.0 Å². The van der Waals surface area contributed by atoms with Crippen LogP contribution in [0.2, 0.25) is 0 Å². The van der Waals surface area contributed by atoms with E-state index in [4.69, 9.17) is 5.73 Å². The van der Waals surface area contributed by atoms with Crippen LogP contribution in [0.3, 0.4) is 0 Å². The van der Waals surface area contributed by atoms with Gasteiger partial charge >= 0.3 is 0 Å². The molecular formula is C11H14N2S. The number of nitrogens with zero attached hydrogens (tertiary/aromatic N) is 1. The Morgan fingerprint density at radius 1 is 1.29 bits per heavy atom. The molecule has 0 amide bonds. The molecule has 1 heterocycles. The van der Waals surface area contributed by atoms with Gasteiger partial charge in [0.25, 0.3) is 0 Å². The van der Waals surface area contributed by atoms with Crippen LogP contribution in [0.15, 0.2) is 24.4 Å². The van der Waals surface area contributed by atoms with Gasteiger partial charge in [0.15, 0.2) is 0 Å². The van der Waals surface area contributed by atoms with E-state index in [1.807, 2.05) is 6.20 Å². The van der Waals surface area contributed by atoms with Crippen molar-refractivity contribution < 1.29 is 0 Å². The highest BCUT2D eigenvalue weighted by atomic mass is 32.1. The third kappa shape index (κ3) is 1.94.